The molecule has 33 heavy (non-hydrogen) atoms. The number of carbonyl (C=O) groups is 1. The minimum atomic E-state index is -1.59. The largest absolute Gasteiger partial charge is 0.504 e. The summed E-state index contributed by atoms with van der Waals surface area (Å²) in [6.07, 6.45) is -1.62. The Labute approximate surface area is 191 Å². The van der Waals surface area contributed by atoms with Crippen LogP contribution in [-0.2, 0) is 25.7 Å². The van der Waals surface area contributed by atoms with Crippen molar-refractivity contribution < 1.29 is 53.9 Å². The van der Waals surface area contributed by atoms with E-state index in [2.05, 4.69) is 4.89 Å². The first kappa shape index (κ1) is 25.2. The van der Waals surface area contributed by atoms with Crippen LogP contribution in [0.1, 0.15) is 35.7 Å². The van der Waals surface area contributed by atoms with Gasteiger partial charge in [0.25, 0.3) is 0 Å². The van der Waals surface area contributed by atoms with E-state index in [0.29, 0.717) is 18.4 Å². The third-order valence-electron chi connectivity index (χ3n) is 5.59. The van der Waals surface area contributed by atoms with Crippen LogP contribution < -0.4 is 9.47 Å². The Hall–Kier alpha value is -2.41. The van der Waals surface area contributed by atoms with Crippen LogP contribution in [0.2, 0.25) is 0 Å². The lowest BCUT2D eigenvalue weighted by Gasteiger charge is -2.40. The smallest absolute Gasteiger partial charge is 0.342 e. The summed E-state index contributed by atoms with van der Waals surface area (Å²) in [5, 5.41) is 41.2. The Morgan fingerprint density at radius 1 is 1.24 bits per heavy atom. The molecule has 0 saturated carbocycles. The number of hydrogen-bond acceptors (Lipinski definition) is 11. The molecule has 2 aliphatic heterocycles. The maximum absolute atomic E-state index is 12.5. The fourth-order valence-electron chi connectivity index (χ4n) is 3.96. The second-order valence-electron chi connectivity index (χ2n) is 7.72. The number of esters is 1. The van der Waals surface area contributed by atoms with E-state index in [-0.39, 0.29) is 23.2 Å². The number of fused-ring (bicyclic) bond motifs is 1. The Morgan fingerprint density at radius 2 is 2.00 bits per heavy atom. The van der Waals surface area contributed by atoms with E-state index in [4.69, 9.17) is 23.8 Å². The Morgan fingerprint density at radius 3 is 2.64 bits per heavy atom. The van der Waals surface area contributed by atoms with E-state index in [1.54, 1.807) is 0 Å². The molecule has 184 valence electrons. The van der Waals surface area contributed by atoms with Crippen molar-refractivity contribution in [2.75, 3.05) is 20.8 Å². The molecular formula is C22H30O11. The molecule has 0 aliphatic carbocycles. The molecule has 0 unspecified atom stereocenters. The molecule has 1 aromatic carbocycles. The van der Waals surface area contributed by atoms with Gasteiger partial charge in [0.15, 0.2) is 11.5 Å². The fourth-order valence-corrected chi connectivity index (χ4v) is 3.96. The number of phenols is 1. The SMILES string of the molecule is C/C=C/CC[C@H]1Cc2cc(O[C@@H]3O[C@H](CO)[C@@H](OOC)[C@H](O)[C@H]3O)c(OC)c(O)c2C(=O)O1. The van der Waals surface area contributed by atoms with Gasteiger partial charge in [-0.15, -0.1) is 0 Å². The predicted molar refractivity (Wildman–Crippen MR) is 112 cm³/mol. The first-order chi connectivity index (χ1) is 15.9. The molecular weight excluding hydrogens is 440 g/mol. The van der Waals surface area contributed by atoms with Gasteiger partial charge >= 0.3 is 5.97 Å². The van der Waals surface area contributed by atoms with Gasteiger partial charge in [0, 0.05) is 6.42 Å². The highest BCUT2D eigenvalue weighted by Gasteiger charge is 2.47. The number of aliphatic hydroxyl groups excluding tert-OH is 3. The molecule has 0 bridgehead atoms. The van der Waals surface area contributed by atoms with Gasteiger partial charge in [-0.25, -0.2) is 14.6 Å². The van der Waals surface area contributed by atoms with Crippen molar-refractivity contribution in [3.63, 3.8) is 0 Å². The molecule has 4 N–H and O–H groups in total. The van der Waals surface area contributed by atoms with Gasteiger partial charge in [-0.05, 0) is 31.4 Å². The van der Waals surface area contributed by atoms with Crippen molar-refractivity contribution in [1.82, 2.24) is 0 Å². The summed E-state index contributed by atoms with van der Waals surface area (Å²) in [5.41, 5.74) is 0.462. The maximum atomic E-state index is 12.5. The summed E-state index contributed by atoms with van der Waals surface area (Å²) in [6, 6.07) is 1.51. The summed E-state index contributed by atoms with van der Waals surface area (Å²) < 4.78 is 22.0. The zero-order chi connectivity index (χ0) is 24.1. The van der Waals surface area contributed by atoms with E-state index in [9.17, 15) is 25.2 Å². The van der Waals surface area contributed by atoms with Gasteiger partial charge in [-0.3, -0.25) is 0 Å². The lowest BCUT2D eigenvalue weighted by atomic mass is 9.94. The number of hydrogen-bond donors (Lipinski definition) is 4. The van der Waals surface area contributed by atoms with Crippen LogP contribution in [0.5, 0.6) is 17.2 Å². The minimum absolute atomic E-state index is 0.0188. The average molecular weight is 470 g/mol. The zero-order valence-electron chi connectivity index (χ0n) is 18.7. The molecule has 11 nitrogen and oxygen atoms in total. The van der Waals surface area contributed by atoms with Crippen LogP contribution in [0.3, 0.4) is 0 Å². The number of allylic oxidation sites excluding steroid dienone is 2. The lowest BCUT2D eigenvalue weighted by Crippen LogP contribution is -2.60. The number of benzene rings is 1. The molecule has 11 heteroatoms. The van der Waals surface area contributed by atoms with Crippen LogP contribution in [0.25, 0.3) is 0 Å². The normalized spacial score (nSPS) is 29.6. The lowest BCUT2D eigenvalue weighted by molar-refractivity contribution is -0.379. The molecule has 6 atom stereocenters. The fraction of sp³-hybridized carbons (Fsp3) is 0.591. The second kappa shape index (κ2) is 11.1. The molecule has 0 spiro atoms. The van der Waals surface area contributed by atoms with E-state index in [1.165, 1.54) is 20.3 Å². The number of rotatable bonds is 9. The van der Waals surface area contributed by atoms with Crippen LogP contribution in [0.15, 0.2) is 18.2 Å². The van der Waals surface area contributed by atoms with Crippen molar-refractivity contribution in [3.05, 3.63) is 29.3 Å². The monoisotopic (exact) mass is 470 g/mol. The molecule has 2 aliphatic rings. The minimum Gasteiger partial charge on any atom is -0.504 e. The summed E-state index contributed by atoms with van der Waals surface area (Å²) in [7, 11) is 2.49. The number of phenolic OH excluding ortho intramolecular Hbond substituents is 1. The first-order valence-corrected chi connectivity index (χ1v) is 10.6. The highest BCUT2D eigenvalue weighted by Crippen LogP contribution is 2.45. The quantitative estimate of drug-likeness (QED) is 0.174. The summed E-state index contributed by atoms with van der Waals surface area (Å²) in [6.45, 7) is 1.35. The predicted octanol–water partition coefficient (Wildman–Crippen LogP) is 0.603. The van der Waals surface area contributed by atoms with Crippen molar-refractivity contribution in [2.45, 2.75) is 63.0 Å². The standard InChI is InChI=1S/C22H30O11/c1-4-5-6-7-12-8-11-9-13(19(28-2)16(24)15(11)21(27)30-12)31-22-18(26)17(25)20(33-29-3)14(10-23)32-22/h4-5,9,12,14,17-18,20,22-26H,6-8,10H2,1-3H3/b5-4+/t12-,14+,17+,18+,20+,22+/m0/s1. The van der Waals surface area contributed by atoms with Crippen molar-refractivity contribution in [3.8, 4) is 17.2 Å². The van der Waals surface area contributed by atoms with Gasteiger partial charge in [-0.1, -0.05) is 12.2 Å². The number of cyclic esters (lactones) is 1. The first-order valence-electron chi connectivity index (χ1n) is 10.6. The summed E-state index contributed by atoms with van der Waals surface area (Å²) in [4.78, 5) is 22.0. The number of carbonyl (C=O) groups excluding carboxylic acids is 1. The Balaban J connectivity index is 1.88. The Bertz CT molecular complexity index is 853. The third-order valence-corrected chi connectivity index (χ3v) is 5.59. The molecule has 3 rings (SSSR count). The van der Waals surface area contributed by atoms with Crippen molar-refractivity contribution >= 4 is 5.97 Å². The van der Waals surface area contributed by atoms with Gasteiger partial charge in [0.2, 0.25) is 12.0 Å². The number of aromatic hydroxyl groups is 1. The summed E-state index contributed by atoms with van der Waals surface area (Å²) in [5.74, 6) is -1.32. The number of aliphatic hydroxyl groups is 3. The van der Waals surface area contributed by atoms with Crippen molar-refractivity contribution in [2.24, 2.45) is 0 Å². The maximum Gasteiger partial charge on any atom is 0.342 e. The van der Waals surface area contributed by atoms with Gasteiger partial charge in [0.05, 0.1) is 20.8 Å². The van der Waals surface area contributed by atoms with Gasteiger partial charge in [0.1, 0.15) is 36.1 Å². The van der Waals surface area contributed by atoms with Gasteiger partial charge < -0.3 is 39.4 Å². The highest BCUT2D eigenvalue weighted by molar-refractivity contribution is 5.96. The molecule has 0 radical (unpaired) electrons. The highest BCUT2D eigenvalue weighted by atomic mass is 17.2. The molecule has 1 fully saturated rings. The van der Waals surface area contributed by atoms with E-state index < -0.39 is 49.0 Å². The number of methoxy groups -OCH3 is 1. The van der Waals surface area contributed by atoms with E-state index in [0.717, 1.165) is 6.42 Å². The third kappa shape index (κ3) is 5.24. The van der Waals surface area contributed by atoms with E-state index >= 15 is 0 Å². The molecule has 1 saturated heterocycles. The Kier molecular flexibility index (Phi) is 8.51. The second-order valence-corrected chi connectivity index (χ2v) is 7.72. The zero-order valence-corrected chi connectivity index (χ0v) is 18.7. The molecule has 2 heterocycles. The summed E-state index contributed by atoms with van der Waals surface area (Å²) >= 11 is 0. The van der Waals surface area contributed by atoms with Crippen molar-refractivity contribution in [1.29, 1.82) is 0 Å². The van der Waals surface area contributed by atoms with Crippen LogP contribution in [-0.4, -0.2) is 84.0 Å². The topological polar surface area (TPSA) is 153 Å². The van der Waals surface area contributed by atoms with Crippen LogP contribution in [0.4, 0.5) is 0 Å². The van der Waals surface area contributed by atoms with E-state index in [1.807, 2.05) is 19.1 Å². The molecule has 1 aromatic rings. The number of ether oxygens (including phenoxy) is 4. The molecule has 0 aromatic heterocycles. The van der Waals surface area contributed by atoms with Gasteiger partial charge in [-0.2, -0.15) is 0 Å². The average Bonchev–Trinajstić information content (AvgIpc) is 2.78. The molecule has 0 amide bonds. The van der Waals surface area contributed by atoms with Crippen LogP contribution >= 0.6 is 0 Å². The van der Waals surface area contributed by atoms with Crippen LogP contribution in [0, 0.1) is 0 Å².